The fraction of sp³-hybridized carbons (Fsp3) is 0.462. The summed E-state index contributed by atoms with van der Waals surface area (Å²) >= 11 is 6.03. The predicted octanol–water partition coefficient (Wildman–Crippen LogP) is 2.86. The molecule has 1 heterocycles. The second-order valence-corrected chi connectivity index (χ2v) is 5.18. The molecule has 17 heavy (non-hydrogen) atoms. The van der Waals surface area contributed by atoms with Crippen LogP contribution >= 0.6 is 11.6 Å². The molecule has 3 N–H and O–H groups in total. The summed E-state index contributed by atoms with van der Waals surface area (Å²) in [7, 11) is 0. The van der Waals surface area contributed by atoms with Crippen LogP contribution in [0.3, 0.4) is 0 Å². The number of nitrogen functional groups attached to an aromatic ring is 1. The van der Waals surface area contributed by atoms with Crippen LogP contribution in [0.5, 0.6) is 0 Å². The summed E-state index contributed by atoms with van der Waals surface area (Å²) in [5.41, 5.74) is 7.39. The summed E-state index contributed by atoms with van der Waals surface area (Å²) in [4.78, 5) is 2.28. The van der Waals surface area contributed by atoms with Gasteiger partial charge in [0.15, 0.2) is 0 Å². The lowest BCUT2D eigenvalue weighted by Crippen LogP contribution is -2.34. The number of anilines is 1. The highest BCUT2D eigenvalue weighted by atomic mass is 35.5. The number of hydrogen-bond acceptors (Lipinski definition) is 2. The van der Waals surface area contributed by atoms with Crippen molar-refractivity contribution in [3.8, 4) is 0 Å². The Bertz CT molecular complexity index is 423. The molecular formula is C13H18ClN3. The number of piperidine rings is 1. The summed E-state index contributed by atoms with van der Waals surface area (Å²) in [6, 6.07) is 5.53. The molecule has 0 bridgehead atoms. The van der Waals surface area contributed by atoms with E-state index in [9.17, 15) is 0 Å². The monoisotopic (exact) mass is 251 g/mol. The van der Waals surface area contributed by atoms with Crippen LogP contribution < -0.4 is 10.6 Å². The van der Waals surface area contributed by atoms with Crippen LogP contribution in [0, 0.1) is 11.3 Å². The highest BCUT2D eigenvalue weighted by molar-refractivity contribution is 6.31. The van der Waals surface area contributed by atoms with Gasteiger partial charge in [-0.25, -0.2) is 0 Å². The van der Waals surface area contributed by atoms with Crippen molar-refractivity contribution >= 4 is 23.1 Å². The number of rotatable bonds is 2. The Morgan fingerprint density at radius 3 is 2.65 bits per heavy atom. The molecule has 0 amide bonds. The number of amidine groups is 1. The topological polar surface area (TPSA) is 53.1 Å². The molecule has 0 atom stereocenters. The van der Waals surface area contributed by atoms with Crippen LogP contribution in [0.4, 0.5) is 5.69 Å². The Labute approximate surface area is 107 Å². The van der Waals surface area contributed by atoms with E-state index < -0.39 is 0 Å². The van der Waals surface area contributed by atoms with E-state index in [4.69, 9.17) is 22.7 Å². The molecule has 1 saturated heterocycles. The van der Waals surface area contributed by atoms with Gasteiger partial charge in [0.1, 0.15) is 5.84 Å². The van der Waals surface area contributed by atoms with Crippen molar-refractivity contribution in [2.75, 3.05) is 18.0 Å². The molecule has 1 fully saturated rings. The lowest BCUT2D eigenvalue weighted by molar-refractivity contribution is 0.438. The summed E-state index contributed by atoms with van der Waals surface area (Å²) in [5.74, 6) is 0.890. The van der Waals surface area contributed by atoms with Gasteiger partial charge in [-0.3, -0.25) is 5.41 Å². The number of halogens is 1. The lowest BCUT2D eigenvalue weighted by Gasteiger charge is -2.33. The van der Waals surface area contributed by atoms with Gasteiger partial charge in [-0.05, 0) is 37.0 Å². The fourth-order valence-electron chi connectivity index (χ4n) is 2.24. The van der Waals surface area contributed by atoms with Crippen molar-refractivity contribution in [1.82, 2.24) is 0 Å². The molecule has 1 aliphatic heterocycles. The first kappa shape index (κ1) is 12.2. The third-order valence-corrected chi connectivity index (χ3v) is 3.61. The molecule has 0 aliphatic carbocycles. The quantitative estimate of drug-likeness (QED) is 0.627. The van der Waals surface area contributed by atoms with Crippen LogP contribution in [0.15, 0.2) is 18.2 Å². The normalized spacial score (nSPS) is 17.2. The van der Waals surface area contributed by atoms with Crippen molar-refractivity contribution in [1.29, 1.82) is 5.41 Å². The maximum Gasteiger partial charge on any atom is 0.124 e. The molecule has 92 valence electrons. The zero-order chi connectivity index (χ0) is 12.4. The van der Waals surface area contributed by atoms with E-state index >= 15 is 0 Å². The number of nitrogens with two attached hydrogens (primary N) is 1. The van der Waals surface area contributed by atoms with Gasteiger partial charge in [0.25, 0.3) is 0 Å². The van der Waals surface area contributed by atoms with E-state index in [0.29, 0.717) is 5.02 Å². The van der Waals surface area contributed by atoms with Crippen molar-refractivity contribution in [2.45, 2.75) is 19.8 Å². The SMILES string of the molecule is CC1CCN(c2cc(Cl)ccc2C(=N)N)CC1. The molecule has 0 radical (unpaired) electrons. The van der Waals surface area contributed by atoms with Gasteiger partial charge in [0.05, 0.1) is 0 Å². The molecule has 1 aromatic carbocycles. The van der Waals surface area contributed by atoms with E-state index in [-0.39, 0.29) is 5.84 Å². The number of hydrogen-bond donors (Lipinski definition) is 2. The van der Waals surface area contributed by atoms with Crippen LogP contribution in [-0.2, 0) is 0 Å². The van der Waals surface area contributed by atoms with Crippen molar-refractivity contribution in [2.24, 2.45) is 11.7 Å². The van der Waals surface area contributed by atoms with Crippen molar-refractivity contribution in [3.05, 3.63) is 28.8 Å². The second-order valence-electron chi connectivity index (χ2n) is 4.74. The summed E-state index contributed by atoms with van der Waals surface area (Å²) < 4.78 is 0. The number of nitrogens with zero attached hydrogens (tertiary/aromatic N) is 1. The molecule has 3 nitrogen and oxygen atoms in total. The first-order chi connectivity index (χ1) is 8.08. The zero-order valence-corrected chi connectivity index (χ0v) is 10.8. The van der Waals surface area contributed by atoms with Gasteiger partial charge in [0.2, 0.25) is 0 Å². The highest BCUT2D eigenvalue weighted by Crippen LogP contribution is 2.28. The average molecular weight is 252 g/mol. The highest BCUT2D eigenvalue weighted by Gasteiger charge is 2.19. The minimum atomic E-state index is 0.107. The van der Waals surface area contributed by atoms with Gasteiger partial charge in [-0.15, -0.1) is 0 Å². The zero-order valence-electron chi connectivity index (χ0n) is 10.0. The minimum Gasteiger partial charge on any atom is -0.384 e. The molecule has 1 aliphatic rings. The maximum absolute atomic E-state index is 7.61. The number of benzene rings is 1. The van der Waals surface area contributed by atoms with Crippen LogP contribution in [-0.4, -0.2) is 18.9 Å². The third-order valence-electron chi connectivity index (χ3n) is 3.37. The van der Waals surface area contributed by atoms with Gasteiger partial charge in [-0.1, -0.05) is 18.5 Å². The van der Waals surface area contributed by atoms with Crippen molar-refractivity contribution < 1.29 is 0 Å². The van der Waals surface area contributed by atoms with Crippen LogP contribution in [0.25, 0.3) is 0 Å². The first-order valence-electron chi connectivity index (χ1n) is 5.97. The van der Waals surface area contributed by atoms with Gasteiger partial charge >= 0.3 is 0 Å². The van der Waals surface area contributed by atoms with E-state index in [0.717, 1.165) is 30.3 Å². The third kappa shape index (κ3) is 2.72. The lowest BCUT2D eigenvalue weighted by atomic mass is 9.98. The Morgan fingerprint density at radius 1 is 1.41 bits per heavy atom. The van der Waals surface area contributed by atoms with Gasteiger partial charge < -0.3 is 10.6 Å². The van der Waals surface area contributed by atoms with E-state index in [2.05, 4.69) is 11.8 Å². The minimum absolute atomic E-state index is 0.107. The predicted molar refractivity (Wildman–Crippen MR) is 73.1 cm³/mol. The largest absolute Gasteiger partial charge is 0.384 e. The Kier molecular flexibility index (Phi) is 3.57. The average Bonchev–Trinajstić information content (AvgIpc) is 2.29. The summed E-state index contributed by atoms with van der Waals surface area (Å²) in [6.07, 6.45) is 2.37. The Hall–Kier alpha value is -1.22. The van der Waals surface area contributed by atoms with Crippen molar-refractivity contribution in [3.63, 3.8) is 0 Å². The smallest absolute Gasteiger partial charge is 0.124 e. The molecular weight excluding hydrogens is 234 g/mol. The maximum atomic E-state index is 7.61. The van der Waals surface area contributed by atoms with Crippen LogP contribution in [0.2, 0.25) is 5.02 Å². The molecule has 0 aromatic heterocycles. The molecule has 0 saturated carbocycles. The van der Waals surface area contributed by atoms with E-state index in [1.165, 1.54) is 12.8 Å². The molecule has 1 aromatic rings. The van der Waals surface area contributed by atoms with E-state index in [1.54, 1.807) is 6.07 Å². The first-order valence-corrected chi connectivity index (χ1v) is 6.34. The van der Waals surface area contributed by atoms with E-state index in [1.807, 2.05) is 12.1 Å². The standard InChI is InChI=1S/C13H18ClN3/c1-9-4-6-17(7-5-9)12-8-10(14)2-3-11(12)13(15)16/h2-3,8-9H,4-7H2,1H3,(H3,15,16). The molecule has 0 spiro atoms. The van der Waals surface area contributed by atoms with Crippen LogP contribution in [0.1, 0.15) is 25.3 Å². The Balaban J connectivity index is 2.30. The Morgan fingerprint density at radius 2 is 2.06 bits per heavy atom. The fourth-order valence-corrected chi connectivity index (χ4v) is 2.41. The summed E-state index contributed by atoms with van der Waals surface area (Å²) in [5, 5.41) is 8.31. The second kappa shape index (κ2) is 4.96. The molecule has 0 unspecified atom stereocenters. The van der Waals surface area contributed by atoms with Gasteiger partial charge in [-0.2, -0.15) is 0 Å². The summed E-state index contributed by atoms with van der Waals surface area (Å²) in [6.45, 7) is 4.31. The molecule has 2 rings (SSSR count). The van der Waals surface area contributed by atoms with Gasteiger partial charge in [0, 0.05) is 29.4 Å². The number of nitrogens with one attached hydrogen (secondary N) is 1. The molecule has 4 heteroatoms.